The zero-order valence-corrected chi connectivity index (χ0v) is 15.2. The van der Waals surface area contributed by atoms with E-state index in [0.717, 1.165) is 40.0 Å². The van der Waals surface area contributed by atoms with Crippen molar-refractivity contribution in [3.05, 3.63) is 40.9 Å². The Bertz CT molecular complexity index is 921. The summed E-state index contributed by atoms with van der Waals surface area (Å²) in [7, 11) is 4.04. The molecule has 0 spiro atoms. The average molecular weight is 356 g/mol. The van der Waals surface area contributed by atoms with Crippen LogP contribution in [0.3, 0.4) is 0 Å². The van der Waals surface area contributed by atoms with Gasteiger partial charge in [0.25, 0.3) is 0 Å². The van der Waals surface area contributed by atoms with E-state index in [4.69, 9.17) is 5.11 Å². The zero-order valence-electron chi connectivity index (χ0n) is 14.4. The quantitative estimate of drug-likeness (QED) is 0.705. The molecule has 0 unspecified atom stereocenters. The SMILES string of the molecule is Cc1cc(C(=O)O)sc1-c1ccc2nc(NCCN(C)C)ncc2c1. The van der Waals surface area contributed by atoms with Crippen molar-refractivity contribution in [2.45, 2.75) is 6.92 Å². The van der Waals surface area contributed by atoms with Gasteiger partial charge in [0.1, 0.15) is 4.88 Å². The number of anilines is 1. The fraction of sp³-hybridized carbons (Fsp3) is 0.278. The Kier molecular flexibility index (Phi) is 4.96. The van der Waals surface area contributed by atoms with Crippen molar-refractivity contribution in [2.75, 3.05) is 32.5 Å². The van der Waals surface area contributed by atoms with Gasteiger partial charge in [-0.15, -0.1) is 11.3 Å². The van der Waals surface area contributed by atoms with Gasteiger partial charge in [0.15, 0.2) is 0 Å². The maximum atomic E-state index is 11.2. The summed E-state index contributed by atoms with van der Waals surface area (Å²) < 4.78 is 0. The second kappa shape index (κ2) is 7.16. The number of hydrogen-bond acceptors (Lipinski definition) is 6. The predicted molar refractivity (Wildman–Crippen MR) is 102 cm³/mol. The van der Waals surface area contributed by atoms with Crippen molar-refractivity contribution in [3.63, 3.8) is 0 Å². The number of nitrogens with zero attached hydrogens (tertiary/aromatic N) is 3. The molecule has 0 bridgehead atoms. The minimum atomic E-state index is -0.892. The summed E-state index contributed by atoms with van der Waals surface area (Å²) in [6.45, 7) is 3.61. The number of aromatic nitrogens is 2. The lowest BCUT2D eigenvalue weighted by Gasteiger charge is -2.10. The van der Waals surface area contributed by atoms with E-state index in [1.54, 1.807) is 12.3 Å². The van der Waals surface area contributed by atoms with Crippen LogP contribution < -0.4 is 5.32 Å². The van der Waals surface area contributed by atoms with Crippen LogP contribution in [-0.2, 0) is 0 Å². The van der Waals surface area contributed by atoms with Gasteiger partial charge in [0.05, 0.1) is 5.52 Å². The minimum Gasteiger partial charge on any atom is -0.477 e. The lowest BCUT2D eigenvalue weighted by atomic mass is 10.1. The molecule has 0 atom stereocenters. The number of rotatable bonds is 6. The Morgan fingerprint density at radius 1 is 1.32 bits per heavy atom. The smallest absolute Gasteiger partial charge is 0.345 e. The third-order valence-corrected chi connectivity index (χ3v) is 5.09. The first-order valence-electron chi connectivity index (χ1n) is 7.93. The van der Waals surface area contributed by atoms with Crippen LogP contribution in [0.1, 0.15) is 15.2 Å². The average Bonchev–Trinajstić information content (AvgIpc) is 2.96. The standard InChI is InChI=1S/C18H20N4O2S/c1-11-8-15(17(23)24)25-16(11)12-4-5-14-13(9-12)10-20-18(21-14)19-6-7-22(2)3/h4-5,8-10H,6-7H2,1-3H3,(H,23,24)(H,19,20,21). The summed E-state index contributed by atoms with van der Waals surface area (Å²) in [6.07, 6.45) is 1.80. The van der Waals surface area contributed by atoms with Crippen molar-refractivity contribution < 1.29 is 9.90 Å². The topological polar surface area (TPSA) is 78.3 Å². The molecule has 0 amide bonds. The highest BCUT2D eigenvalue weighted by Gasteiger charge is 2.13. The molecular weight excluding hydrogens is 336 g/mol. The van der Waals surface area contributed by atoms with Gasteiger partial charge in [0.2, 0.25) is 5.95 Å². The Balaban J connectivity index is 1.87. The van der Waals surface area contributed by atoms with Crippen molar-refractivity contribution in [3.8, 4) is 10.4 Å². The normalized spacial score (nSPS) is 11.2. The number of likely N-dealkylation sites (N-methyl/N-ethyl adjacent to an activating group) is 1. The fourth-order valence-corrected chi connectivity index (χ4v) is 3.53. The van der Waals surface area contributed by atoms with Gasteiger partial charge in [-0.3, -0.25) is 0 Å². The Labute approximate surface area is 150 Å². The van der Waals surface area contributed by atoms with Crippen LogP contribution in [0.25, 0.3) is 21.3 Å². The molecule has 0 saturated carbocycles. The summed E-state index contributed by atoms with van der Waals surface area (Å²) in [5.41, 5.74) is 2.81. The first-order chi connectivity index (χ1) is 11.9. The van der Waals surface area contributed by atoms with Gasteiger partial charge in [-0.05, 0) is 50.3 Å². The second-order valence-corrected chi connectivity index (χ2v) is 7.18. The first-order valence-corrected chi connectivity index (χ1v) is 8.75. The fourth-order valence-electron chi connectivity index (χ4n) is 2.53. The number of carbonyl (C=O) groups is 1. The molecule has 2 heterocycles. The number of thiophene rings is 1. The molecule has 0 radical (unpaired) electrons. The van der Waals surface area contributed by atoms with E-state index in [1.165, 1.54) is 11.3 Å². The van der Waals surface area contributed by atoms with Crippen LogP contribution in [0, 0.1) is 6.92 Å². The molecule has 6 nitrogen and oxygen atoms in total. The largest absolute Gasteiger partial charge is 0.477 e. The highest BCUT2D eigenvalue weighted by molar-refractivity contribution is 7.17. The third-order valence-electron chi connectivity index (χ3n) is 3.81. The van der Waals surface area contributed by atoms with Crippen LogP contribution in [0.5, 0.6) is 0 Å². The Morgan fingerprint density at radius 2 is 2.12 bits per heavy atom. The molecule has 0 saturated heterocycles. The van der Waals surface area contributed by atoms with E-state index < -0.39 is 5.97 Å². The number of fused-ring (bicyclic) bond motifs is 1. The van der Waals surface area contributed by atoms with Crippen LogP contribution in [-0.4, -0.2) is 53.1 Å². The summed E-state index contributed by atoms with van der Waals surface area (Å²) in [5, 5.41) is 13.3. The van der Waals surface area contributed by atoms with Crippen LogP contribution in [0.15, 0.2) is 30.5 Å². The molecule has 7 heteroatoms. The number of hydrogen-bond donors (Lipinski definition) is 2. The number of aromatic carboxylic acids is 1. The molecule has 0 aliphatic heterocycles. The van der Waals surface area contributed by atoms with Gasteiger partial charge in [0, 0.05) is 29.5 Å². The van der Waals surface area contributed by atoms with E-state index in [1.807, 2.05) is 39.2 Å². The Morgan fingerprint density at radius 3 is 2.80 bits per heavy atom. The minimum absolute atomic E-state index is 0.351. The number of benzene rings is 1. The molecular formula is C18H20N4O2S. The Hall–Kier alpha value is -2.51. The molecule has 3 rings (SSSR count). The molecule has 3 aromatic rings. The number of carboxylic acid groups (broad SMARTS) is 1. The number of aryl methyl sites for hydroxylation is 1. The molecule has 130 valence electrons. The van der Waals surface area contributed by atoms with Crippen LogP contribution in [0.4, 0.5) is 5.95 Å². The number of carboxylic acids is 1. The van der Waals surface area contributed by atoms with E-state index >= 15 is 0 Å². The molecule has 0 fully saturated rings. The van der Waals surface area contributed by atoms with Gasteiger partial charge < -0.3 is 15.3 Å². The van der Waals surface area contributed by atoms with Gasteiger partial charge in [-0.25, -0.2) is 14.8 Å². The van der Waals surface area contributed by atoms with Crippen molar-refractivity contribution in [1.82, 2.24) is 14.9 Å². The van der Waals surface area contributed by atoms with Gasteiger partial charge in [-0.2, -0.15) is 0 Å². The summed E-state index contributed by atoms with van der Waals surface area (Å²) in [4.78, 5) is 23.5. The molecule has 25 heavy (non-hydrogen) atoms. The number of nitrogens with one attached hydrogen (secondary N) is 1. The maximum absolute atomic E-state index is 11.2. The van der Waals surface area contributed by atoms with Crippen LogP contribution >= 0.6 is 11.3 Å². The zero-order chi connectivity index (χ0) is 18.0. The highest BCUT2D eigenvalue weighted by atomic mass is 32.1. The van der Waals surface area contributed by atoms with E-state index in [0.29, 0.717) is 10.8 Å². The van der Waals surface area contributed by atoms with E-state index in [-0.39, 0.29) is 0 Å². The first kappa shape index (κ1) is 17.3. The van der Waals surface area contributed by atoms with Crippen LogP contribution in [0.2, 0.25) is 0 Å². The van der Waals surface area contributed by atoms with E-state index in [9.17, 15) is 4.79 Å². The summed E-state index contributed by atoms with van der Waals surface area (Å²) in [5.74, 6) is -0.278. The lowest BCUT2D eigenvalue weighted by molar-refractivity contribution is 0.0702. The van der Waals surface area contributed by atoms with Gasteiger partial charge in [-0.1, -0.05) is 6.07 Å². The summed E-state index contributed by atoms with van der Waals surface area (Å²) in [6, 6.07) is 7.64. The van der Waals surface area contributed by atoms with Gasteiger partial charge >= 0.3 is 5.97 Å². The molecule has 0 aliphatic carbocycles. The molecule has 0 aliphatic rings. The molecule has 2 aromatic heterocycles. The second-order valence-electron chi connectivity index (χ2n) is 6.13. The monoisotopic (exact) mass is 356 g/mol. The lowest BCUT2D eigenvalue weighted by Crippen LogP contribution is -2.21. The van der Waals surface area contributed by atoms with Crippen molar-refractivity contribution in [1.29, 1.82) is 0 Å². The maximum Gasteiger partial charge on any atom is 0.345 e. The van der Waals surface area contributed by atoms with Crippen molar-refractivity contribution in [2.24, 2.45) is 0 Å². The molecule has 2 N–H and O–H groups in total. The molecule has 1 aromatic carbocycles. The predicted octanol–water partition coefficient (Wildman–Crippen LogP) is 3.34. The van der Waals surface area contributed by atoms with E-state index in [2.05, 4.69) is 20.2 Å². The highest BCUT2D eigenvalue weighted by Crippen LogP contribution is 2.33. The third kappa shape index (κ3) is 3.94. The van der Waals surface area contributed by atoms with Crippen molar-refractivity contribution >= 4 is 34.2 Å². The summed E-state index contributed by atoms with van der Waals surface area (Å²) >= 11 is 1.29.